The van der Waals surface area contributed by atoms with Crippen LogP contribution >= 0.6 is 0 Å². The van der Waals surface area contributed by atoms with Gasteiger partial charge < -0.3 is 48.2 Å². The third-order valence-electron chi connectivity index (χ3n) is 8.84. The highest BCUT2D eigenvalue weighted by Gasteiger charge is 2.29. The standard InChI is InChI=1S/C32H51N11O5/c1-44-20-16-42(17-21-45-2)31-36-28-27(29(37-31)40-10-6-25(48-5)7-11-40)35-32(43(18-22-46-3)19-23-47-4)38-30(28)41-14-12-39(13-15-41)26-24-33-8-9-34-26/h8-9,24-25H,6-7,10-23H2,1-5H3. The molecule has 16 nitrogen and oxygen atoms in total. The molecule has 0 spiro atoms. The Bertz CT molecular complexity index is 1380. The summed E-state index contributed by atoms with van der Waals surface area (Å²) in [4.78, 5) is 40.8. The summed E-state index contributed by atoms with van der Waals surface area (Å²) in [6, 6.07) is 0. The first-order valence-electron chi connectivity index (χ1n) is 16.7. The largest absolute Gasteiger partial charge is 0.383 e. The van der Waals surface area contributed by atoms with Crippen LogP contribution in [0.3, 0.4) is 0 Å². The van der Waals surface area contributed by atoms with Crippen molar-refractivity contribution in [3.63, 3.8) is 0 Å². The quantitative estimate of drug-likeness (QED) is 0.192. The van der Waals surface area contributed by atoms with E-state index in [1.807, 2.05) is 6.20 Å². The smallest absolute Gasteiger partial charge is 0.228 e. The Morgan fingerprint density at radius 3 is 1.48 bits per heavy atom. The first kappa shape index (κ1) is 35.6. The molecule has 0 bridgehead atoms. The molecule has 16 heteroatoms. The number of anilines is 5. The van der Waals surface area contributed by atoms with Crippen molar-refractivity contribution in [3.05, 3.63) is 18.6 Å². The van der Waals surface area contributed by atoms with E-state index in [1.54, 1.807) is 47.9 Å². The second-order valence-electron chi connectivity index (χ2n) is 11.8. The summed E-state index contributed by atoms with van der Waals surface area (Å²) >= 11 is 0. The van der Waals surface area contributed by atoms with Crippen LogP contribution in [0.4, 0.5) is 29.4 Å². The molecule has 3 aromatic heterocycles. The van der Waals surface area contributed by atoms with Gasteiger partial charge in [-0.15, -0.1) is 0 Å². The number of fused-ring (bicyclic) bond motifs is 1. The van der Waals surface area contributed by atoms with Crippen LogP contribution < -0.4 is 24.5 Å². The van der Waals surface area contributed by atoms with Crippen LogP contribution in [0.1, 0.15) is 12.8 Å². The van der Waals surface area contributed by atoms with E-state index in [1.165, 1.54) is 0 Å². The summed E-state index contributed by atoms with van der Waals surface area (Å²) in [6.45, 7) is 9.13. The van der Waals surface area contributed by atoms with Crippen molar-refractivity contribution >= 4 is 40.4 Å². The Kier molecular flexibility index (Phi) is 13.5. The number of methoxy groups -OCH3 is 5. The Morgan fingerprint density at radius 1 is 0.604 bits per heavy atom. The van der Waals surface area contributed by atoms with Crippen LogP contribution in [-0.4, -0.2) is 163 Å². The topological polar surface area (TPSA) is 140 Å². The summed E-state index contributed by atoms with van der Waals surface area (Å²) in [5.41, 5.74) is 1.45. The van der Waals surface area contributed by atoms with Crippen molar-refractivity contribution in [2.75, 3.05) is 152 Å². The zero-order valence-corrected chi connectivity index (χ0v) is 29.1. The summed E-state index contributed by atoms with van der Waals surface area (Å²) in [5.74, 6) is 3.65. The lowest BCUT2D eigenvalue weighted by Crippen LogP contribution is -2.47. The molecule has 48 heavy (non-hydrogen) atoms. The molecule has 5 heterocycles. The fraction of sp³-hybridized carbons (Fsp3) is 0.688. The molecule has 0 N–H and O–H groups in total. The molecule has 264 valence electrons. The summed E-state index contributed by atoms with van der Waals surface area (Å²) in [6.07, 6.45) is 7.26. The second-order valence-corrected chi connectivity index (χ2v) is 11.8. The molecule has 0 unspecified atom stereocenters. The molecule has 0 atom stereocenters. The van der Waals surface area contributed by atoms with Gasteiger partial charge in [-0.25, -0.2) is 15.0 Å². The van der Waals surface area contributed by atoms with Gasteiger partial charge in [0.05, 0.1) is 38.7 Å². The molecule has 2 aliphatic rings. The van der Waals surface area contributed by atoms with Gasteiger partial charge >= 0.3 is 0 Å². The fourth-order valence-electron chi connectivity index (χ4n) is 6.02. The number of nitrogens with zero attached hydrogens (tertiary/aromatic N) is 11. The zero-order valence-electron chi connectivity index (χ0n) is 29.1. The van der Waals surface area contributed by atoms with Crippen LogP contribution in [-0.2, 0) is 23.7 Å². The Hall–Kier alpha value is -3.70. The fourth-order valence-corrected chi connectivity index (χ4v) is 6.02. The molecule has 0 radical (unpaired) electrons. The molecule has 2 fully saturated rings. The van der Waals surface area contributed by atoms with E-state index in [0.29, 0.717) is 64.5 Å². The zero-order chi connectivity index (χ0) is 33.7. The van der Waals surface area contributed by atoms with Gasteiger partial charge in [-0.3, -0.25) is 4.98 Å². The normalized spacial score (nSPS) is 15.8. The number of hydrogen-bond donors (Lipinski definition) is 0. The van der Waals surface area contributed by atoms with Crippen molar-refractivity contribution in [2.24, 2.45) is 0 Å². The lowest BCUT2D eigenvalue weighted by molar-refractivity contribution is 0.0818. The molecule has 5 rings (SSSR count). The minimum atomic E-state index is 0.221. The van der Waals surface area contributed by atoms with Crippen molar-refractivity contribution < 1.29 is 23.7 Å². The second kappa shape index (κ2) is 18.2. The maximum absolute atomic E-state index is 5.71. The van der Waals surface area contributed by atoms with E-state index in [4.69, 9.17) is 43.6 Å². The van der Waals surface area contributed by atoms with Crippen LogP contribution in [0.15, 0.2) is 18.6 Å². The Labute approximate surface area is 283 Å². The van der Waals surface area contributed by atoms with Crippen molar-refractivity contribution in [3.8, 4) is 0 Å². The SMILES string of the molecule is COCCN(CCOC)c1nc(N2CCN(c3cnccn3)CC2)c2nc(N(CCOC)CCOC)nc(N3CCC(OC)CC3)c2n1. The molecule has 2 saturated heterocycles. The molecular weight excluding hydrogens is 618 g/mol. The highest BCUT2D eigenvalue weighted by Crippen LogP contribution is 2.34. The first-order valence-corrected chi connectivity index (χ1v) is 16.7. The van der Waals surface area contributed by atoms with Gasteiger partial charge in [-0.1, -0.05) is 0 Å². The number of ether oxygens (including phenoxy) is 5. The average Bonchev–Trinajstić information content (AvgIpc) is 3.14. The molecule has 0 aliphatic carbocycles. The molecule has 2 aliphatic heterocycles. The van der Waals surface area contributed by atoms with Crippen molar-refractivity contribution in [1.29, 1.82) is 0 Å². The third-order valence-corrected chi connectivity index (χ3v) is 8.84. The molecular formula is C32H51N11O5. The van der Waals surface area contributed by atoms with Gasteiger partial charge in [0.15, 0.2) is 11.6 Å². The van der Waals surface area contributed by atoms with Crippen LogP contribution in [0.2, 0.25) is 0 Å². The monoisotopic (exact) mass is 669 g/mol. The van der Waals surface area contributed by atoms with Gasteiger partial charge in [0, 0.05) is 113 Å². The van der Waals surface area contributed by atoms with Crippen LogP contribution in [0.25, 0.3) is 11.0 Å². The predicted molar refractivity (Wildman–Crippen MR) is 186 cm³/mol. The summed E-state index contributed by atoms with van der Waals surface area (Å²) in [7, 11) is 8.59. The minimum absolute atomic E-state index is 0.221. The summed E-state index contributed by atoms with van der Waals surface area (Å²) in [5, 5.41) is 0. The molecule has 3 aromatic rings. The number of rotatable bonds is 18. The third kappa shape index (κ3) is 8.85. The van der Waals surface area contributed by atoms with E-state index in [0.717, 1.165) is 80.6 Å². The summed E-state index contributed by atoms with van der Waals surface area (Å²) < 4.78 is 27.6. The first-order chi connectivity index (χ1) is 23.6. The van der Waals surface area contributed by atoms with Gasteiger partial charge in [-0.2, -0.15) is 9.97 Å². The Morgan fingerprint density at radius 2 is 1.06 bits per heavy atom. The van der Waals surface area contributed by atoms with E-state index >= 15 is 0 Å². The minimum Gasteiger partial charge on any atom is -0.383 e. The van der Waals surface area contributed by atoms with Gasteiger partial charge in [0.25, 0.3) is 0 Å². The van der Waals surface area contributed by atoms with Gasteiger partial charge in [0.2, 0.25) is 11.9 Å². The molecule has 0 aromatic carbocycles. The lowest BCUT2D eigenvalue weighted by Gasteiger charge is -2.37. The maximum atomic E-state index is 5.71. The van der Waals surface area contributed by atoms with E-state index < -0.39 is 0 Å². The number of piperazine rings is 1. The predicted octanol–water partition coefficient (Wildman–Crippen LogP) is 1.35. The number of aromatic nitrogens is 6. The Balaban J connectivity index is 1.64. The van der Waals surface area contributed by atoms with Gasteiger partial charge in [0.1, 0.15) is 16.9 Å². The van der Waals surface area contributed by atoms with Crippen molar-refractivity contribution in [2.45, 2.75) is 18.9 Å². The highest BCUT2D eigenvalue weighted by molar-refractivity contribution is 5.95. The number of hydrogen-bond acceptors (Lipinski definition) is 16. The highest BCUT2D eigenvalue weighted by atomic mass is 16.5. The van der Waals surface area contributed by atoms with E-state index in [-0.39, 0.29) is 6.10 Å². The van der Waals surface area contributed by atoms with Crippen molar-refractivity contribution in [1.82, 2.24) is 29.9 Å². The lowest BCUT2D eigenvalue weighted by atomic mass is 10.1. The van der Waals surface area contributed by atoms with E-state index in [9.17, 15) is 0 Å². The van der Waals surface area contributed by atoms with Crippen LogP contribution in [0.5, 0.6) is 0 Å². The van der Waals surface area contributed by atoms with Gasteiger partial charge in [-0.05, 0) is 12.8 Å². The molecule has 0 saturated carbocycles. The average molecular weight is 670 g/mol. The van der Waals surface area contributed by atoms with Crippen LogP contribution in [0, 0.1) is 0 Å². The molecule has 0 amide bonds. The number of piperidine rings is 1. The maximum Gasteiger partial charge on any atom is 0.228 e. The van der Waals surface area contributed by atoms with E-state index in [2.05, 4.69) is 34.5 Å².